The van der Waals surface area contributed by atoms with Crippen LogP contribution >= 0.6 is 0 Å². The normalized spacial score (nSPS) is 23.5. The van der Waals surface area contributed by atoms with Crippen molar-refractivity contribution < 1.29 is 14.3 Å². The number of epoxide rings is 1. The molecule has 0 unspecified atom stereocenters. The average Bonchev–Trinajstić information content (AvgIpc) is 3.19. The first-order valence-electron chi connectivity index (χ1n) is 9.43. The lowest BCUT2D eigenvalue weighted by atomic mass is 9.97. The lowest BCUT2D eigenvalue weighted by Crippen LogP contribution is -2.28. The van der Waals surface area contributed by atoms with Crippen molar-refractivity contribution in [2.45, 2.75) is 109 Å². The summed E-state index contributed by atoms with van der Waals surface area (Å²) in [6.07, 6.45) is 16.9. The van der Waals surface area contributed by atoms with E-state index >= 15 is 0 Å². The van der Waals surface area contributed by atoms with Gasteiger partial charge in [-0.15, -0.1) is 0 Å². The maximum Gasteiger partial charge on any atom is 0.340 e. The van der Waals surface area contributed by atoms with Crippen molar-refractivity contribution in [1.29, 1.82) is 0 Å². The minimum absolute atomic E-state index is 0.0349. The Kier molecular flexibility index (Phi) is 9.77. The van der Waals surface area contributed by atoms with Gasteiger partial charge in [-0.05, 0) is 19.8 Å². The number of esters is 1. The van der Waals surface area contributed by atoms with Gasteiger partial charge in [-0.2, -0.15) is 0 Å². The van der Waals surface area contributed by atoms with E-state index in [1.54, 1.807) is 0 Å². The van der Waals surface area contributed by atoms with Gasteiger partial charge in [0.2, 0.25) is 0 Å². The molecule has 3 nitrogen and oxygen atoms in total. The zero-order valence-electron chi connectivity index (χ0n) is 15.0. The summed E-state index contributed by atoms with van der Waals surface area (Å²) in [5, 5.41) is 0. The van der Waals surface area contributed by atoms with Gasteiger partial charge in [0.25, 0.3) is 0 Å². The summed E-state index contributed by atoms with van der Waals surface area (Å²) in [5.41, 5.74) is -0.604. The number of carbonyl (C=O) groups excluding carboxylic acids is 1. The molecule has 2 atom stereocenters. The summed E-state index contributed by atoms with van der Waals surface area (Å²) >= 11 is 0. The van der Waals surface area contributed by atoms with E-state index in [0.717, 1.165) is 12.8 Å². The molecule has 1 rings (SSSR count). The first-order chi connectivity index (χ1) is 10.7. The highest BCUT2D eigenvalue weighted by Crippen LogP contribution is 2.41. The van der Waals surface area contributed by atoms with E-state index < -0.39 is 5.60 Å². The molecule has 0 bridgehead atoms. The van der Waals surface area contributed by atoms with Crippen LogP contribution in [-0.4, -0.2) is 24.8 Å². The van der Waals surface area contributed by atoms with Crippen molar-refractivity contribution in [3.8, 4) is 0 Å². The van der Waals surface area contributed by atoms with Gasteiger partial charge in [-0.1, -0.05) is 77.6 Å². The van der Waals surface area contributed by atoms with Crippen LogP contribution in [0.2, 0.25) is 0 Å². The first kappa shape index (κ1) is 19.5. The minimum atomic E-state index is -0.604. The van der Waals surface area contributed by atoms with Crippen LogP contribution in [-0.2, 0) is 14.3 Å². The molecule has 1 heterocycles. The van der Waals surface area contributed by atoms with E-state index in [1.165, 1.54) is 77.7 Å². The highest BCUT2D eigenvalue weighted by Gasteiger charge is 2.60. The van der Waals surface area contributed by atoms with E-state index in [9.17, 15) is 4.79 Å². The van der Waals surface area contributed by atoms with Crippen LogP contribution in [0.3, 0.4) is 0 Å². The largest absolute Gasteiger partial charge is 0.467 e. The van der Waals surface area contributed by atoms with Crippen LogP contribution in [0.1, 0.15) is 97.3 Å². The van der Waals surface area contributed by atoms with Crippen LogP contribution in [0.15, 0.2) is 0 Å². The lowest BCUT2D eigenvalue weighted by Gasteiger charge is -2.09. The fourth-order valence-corrected chi connectivity index (χ4v) is 3.26. The molecule has 1 aliphatic rings. The summed E-state index contributed by atoms with van der Waals surface area (Å²) < 4.78 is 10.3. The molecule has 1 fully saturated rings. The van der Waals surface area contributed by atoms with Crippen LogP contribution in [0.4, 0.5) is 0 Å². The number of methoxy groups -OCH3 is 1. The Morgan fingerprint density at radius 2 is 1.32 bits per heavy atom. The number of ether oxygens (including phenoxy) is 2. The van der Waals surface area contributed by atoms with E-state index in [-0.39, 0.29) is 12.1 Å². The fourth-order valence-electron chi connectivity index (χ4n) is 3.26. The van der Waals surface area contributed by atoms with Crippen molar-refractivity contribution in [2.24, 2.45) is 0 Å². The zero-order chi connectivity index (χ0) is 16.3. The van der Waals surface area contributed by atoms with E-state index in [1.807, 2.05) is 6.92 Å². The third-order valence-electron chi connectivity index (χ3n) is 4.92. The predicted octanol–water partition coefficient (Wildman–Crippen LogP) is 5.41. The quantitative estimate of drug-likeness (QED) is 0.244. The topological polar surface area (TPSA) is 38.8 Å². The second-order valence-electron chi connectivity index (χ2n) is 6.78. The van der Waals surface area contributed by atoms with Crippen molar-refractivity contribution in [2.75, 3.05) is 7.11 Å². The molecule has 1 saturated heterocycles. The monoisotopic (exact) mass is 312 g/mol. The molecule has 0 N–H and O–H groups in total. The van der Waals surface area contributed by atoms with E-state index in [2.05, 4.69) is 6.92 Å². The second kappa shape index (κ2) is 11.0. The predicted molar refractivity (Wildman–Crippen MR) is 91.0 cm³/mol. The van der Waals surface area contributed by atoms with Crippen LogP contribution in [0.25, 0.3) is 0 Å². The molecular formula is C19H36O3. The molecule has 0 spiro atoms. The molecular weight excluding hydrogens is 276 g/mol. The molecule has 0 aromatic heterocycles. The molecule has 0 saturated carbocycles. The van der Waals surface area contributed by atoms with Gasteiger partial charge in [0, 0.05) is 0 Å². The zero-order valence-corrected chi connectivity index (χ0v) is 15.0. The molecule has 0 aromatic rings. The van der Waals surface area contributed by atoms with Gasteiger partial charge in [0.1, 0.15) is 0 Å². The standard InChI is InChI=1S/C19H36O3/c1-4-5-6-7-8-9-10-11-12-13-14-15-16-19(17(2)22-19)18(20)21-3/h17H,4-16H2,1-3H3/t17-,19-/m0/s1. The van der Waals surface area contributed by atoms with Crippen molar-refractivity contribution in [3.05, 3.63) is 0 Å². The summed E-state index contributed by atoms with van der Waals surface area (Å²) in [4.78, 5) is 11.7. The molecule has 0 aromatic carbocycles. The maximum atomic E-state index is 11.7. The fraction of sp³-hybridized carbons (Fsp3) is 0.947. The van der Waals surface area contributed by atoms with E-state index in [0.29, 0.717) is 0 Å². The van der Waals surface area contributed by atoms with Gasteiger partial charge >= 0.3 is 5.97 Å². The van der Waals surface area contributed by atoms with Gasteiger partial charge in [-0.3, -0.25) is 0 Å². The smallest absolute Gasteiger partial charge is 0.340 e. The SMILES string of the molecule is CCCCCCCCCCCCCC[C@]1(C(=O)OC)O[C@H]1C. The Labute approximate surface area is 137 Å². The van der Waals surface area contributed by atoms with E-state index in [4.69, 9.17) is 9.47 Å². The summed E-state index contributed by atoms with van der Waals surface area (Å²) in [7, 11) is 1.45. The third kappa shape index (κ3) is 6.68. The summed E-state index contributed by atoms with van der Waals surface area (Å²) in [6.45, 7) is 4.22. The van der Waals surface area contributed by atoms with Crippen molar-refractivity contribution >= 4 is 5.97 Å². The average molecular weight is 312 g/mol. The minimum Gasteiger partial charge on any atom is -0.467 e. The number of rotatable bonds is 14. The third-order valence-corrected chi connectivity index (χ3v) is 4.92. The van der Waals surface area contributed by atoms with Gasteiger partial charge in [0.05, 0.1) is 13.2 Å². The molecule has 0 amide bonds. The maximum absolute atomic E-state index is 11.7. The van der Waals surface area contributed by atoms with Crippen LogP contribution < -0.4 is 0 Å². The molecule has 0 aliphatic carbocycles. The highest BCUT2D eigenvalue weighted by atomic mass is 16.7. The van der Waals surface area contributed by atoms with Crippen LogP contribution in [0, 0.1) is 0 Å². The van der Waals surface area contributed by atoms with Gasteiger partial charge in [-0.25, -0.2) is 4.79 Å². The Bertz CT molecular complexity index is 303. The van der Waals surface area contributed by atoms with Gasteiger partial charge in [0.15, 0.2) is 5.60 Å². The van der Waals surface area contributed by atoms with Crippen molar-refractivity contribution in [1.82, 2.24) is 0 Å². The highest BCUT2D eigenvalue weighted by molar-refractivity contribution is 5.83. The number of unbranched alkanes of at least 4 members (excludes halogenated alkanes) is 11. The first-order valence-corrected chi connectivity index (χ1v) is 9.43. The number of carbonyl (C=O) groups is 1. The second-order valence-corrected chi connectivity index (χ2v) is 6.78. The molecule has 22 heavy (non-hydrogen) atoms. The summed E-state index contributed by atoms with van der Waals surface area (Å²) in [6, 6.07) is 0. The molecule has 0 radical (unpaired) electrons. The Morgan fingerprint density at radius 3 is 1.68 bits per heavy atom. The Morgan fingerprint density at radius 1 is 0.909 bits per heavy atom. The Hall–Kier alpha value is -0.570. The number of hydrogen-bond acceptors (Lipinski definition) is 3. The van der Waals surface area contributed by atoms with Crippen LogP contribution in [0.5, 0.6) is 0 Å². The van der Waals surface area contributed by atoms with Crippen molar-refractivity contribution in [3.63, 3.8) is 0 Å². The lowest BCUT2D eigenvalue weighted by molar-refractivity contribution is -0.147. The number of hydrogen-bond donors (Lipinski definition) is 0. The molecule has 1 aliphatic heterocycles. The molecule has 3 heteroatoms. The molecule has 130 valence electrons. The summed E-state index contributed by atoms with van der Waals surface area (Å²) in [5.74, 6) is -0.192. The van der Waals surface area contributed by atoms with Gasteiger partial charge < -0.3 is 9.47 Å². The Balaban J connectivity index is 1.87.